The fraction of sp³-hybridized carbons (Fsp3) is 0.316. The van der Waals surface area contributed by atoms with Crippen LogP contribution in [0.4, 0.5) is 4.39 Å². The number of nitrogens with one attached hydrogen (secondary N) is 1. The number of carbonyl (C=O) groups excluding carboxylic acids is 1. The van der Waals surface area contributed by atoms with Crippen LogP contribution in [0.3, 0.4) is 0 Å². The second-order valence-corrected chi connectivity index (χ2v) is 6.10. The normalized spacial score (nSPS) is 14.9. The summed E-state index contributed by atoms with van der Waals surface area (Å²) >= 11 is 0. The van der Waals surface area contributed by atoms with Gasteiger partial charge in [-0.15, -0.1) is 0 Å². The SMILES string of the molecule is NCC(NC(=O)c1cccc(COc2cccc(F)c2)c1)C1CC1. The van der Waals surface area contributed by atoms with Gasteiger partial charge in [-0.05, 0) is 48.6 Å². The van der Waals surface area contributed by atoms with Crippen LogP contribution in [0.1, 0.15) is 28.8 Å². The van der Waals surface area contributed by atoms with E-state index in [4.69, 9.17) is 10.5 Å². The molecular formula is C19H21FN2O2. The number of benzene rings is 2. The van der Waals surface area contributed by atoms with E-state index in [0.717, 1.165) is 18.4 Å². The van der Waals surface area contributed by atoms with Crippen LogP contribution in [0.15, 0.2) is 48.5 Å². The zero-order valence-corrected chi connectivity index (χ0v) is 13.4. The molecule has 1 aliphatic rings. The molecule has 1 atom stereocenters. The zero-order valence-electron chi connectivity index (χ0n) is 13.4. The molecule has 0 radical (unpaired) electrons. The summed E-state index contributed by atoms with van der Waals surface area (Å²) in [6.45, 7) is 0.728. The van der Waals surface area contributed by atoms with Gasteiger partial charge in [-0.2, -0.15) is 0 Å². The van der Waals surface area contributed by atoms with Gasteiger partial charge in [0.2, 0.25) is 0 Å². The van der Waals surface area contributed by atoms with Gasteiger partial charge in [-0.25, -0.2) is 4.39 Å². The summed E-state index contributed by atoms with van der Waals surface area (Å²) in [5, 5.41) is 3.00. The Morgan fingerprint density at radius 1 is 1.25 bits per heavy atom. The fourth-order valence-corrected chi connectivity index (χ4v) is 2.65. The quantitative estimate of drug-likeness (QED) is 0.821. The minimum atomic E-state index is -0.339. The third kappa shape index (κ3) is 4.32. The first kappa shape index (κ1) is 16.5. The van der Waals surface area contributed by atoms with Gasteiger partial charge in [0.25, 0.3) is 5.91 Å². The Balaban J connectivity index is 1.61. The maximum Gasteiger partial charge on any atom is 0.251 e. The number of carbonyl (C=O) groups is 1. The number of halogens is 1. The van der Waals surface area contributed by atoms with Gasteiger partial charge in [0.15, 0.2) is 0 Å². The summed E-state index contributed by atoms with van der Waals surface area (Å²) in [5.41, 5.74) is 7.16. The van der Waals surface area contributed by atoms with Crippen molar-refractivity contribution in [2.75, 3.05) is 6.54 Å². The van der Waals surface area contributed by atoms with Crippen LogP contribution in [0, 0.1) is 11.7 Å². The van der Waals surface area contributed by atoms with Gasteiger partial charge in [0.1, 0.15) is 18.2 Å². The van der Waals surface area contributed by atoms with Crippen molar-refractivity contribution in [3.05, 3.63) is 65.5 Å². The topological polar surface area (TPSA) is 64.3 Å². The van der Waals surface area contributed by atoms with E-state index in [1.807, 2.05) is 12.1 Å². The van der Waals surface area contributed by atoms with Crippen molar-refractivity contribution in [2.45, 2.75) is 25.5 Å². The van der Waals surface area contributed by atoms with Gasteiger partial charge in [0.05, 0.1) is 0 Å². The van der Waals surface area contributed by atoms with Crippen LogP contribution in [0.2, 0.25) is 0 Å². The third-order valence-corrected chi connectivity index (χ3v) is 4.15. The molecule has 0 saturated heterocycles. The lowest BCUT2D eigenvalue weighted by molar-refractivity contribution is 0.0933. The average molecular weight is 328 g/mol. The second-order valence-electron chi connectivity index (χ2n) is 6.10. The molecule has 1 fully saturated rings. The summed E-state index contributed by atoms with van der Waals surface area (Å²) < 4.78 is 18.7. The van der Waals surface area contributed by atoms with Gasteiger partial charge in [-0.1, -0.05) is 18.2 Å². The van der Waals surface area contributed by atoms with Crippen LogP contribution in [0.5, 0.6) is 5.75 Å². The molecule has 0 heterocycles. The Kier molecular flexibility index (Phi) is 5.11. The molecule has 126 valence electrons. The first-order valence-electron chi connectivity index (χ1n) is 8.14. The van der Waals surface area contributed by atoms with Crippen LogP contribution < -0.4 is 15.8 Å². The van der Waals surface area contributed by atoms with Crippen molar-refractivity contribution >= 4 is 5.91 Å². The minimum absolute atomic E-state index is 0.0460. The van der Waals surface area contributed by atoms with Crippen molar-refractivity contribution < 1.29 is 13.9 Å². The molecule has 2 aromatic rings. The molecule has 2 aromatic carbocycles. The van der Waals surface area contributed by atoms with Crippen molar-refractivity contribution in [2.24, 2.45) is 11.7 Å². The minimum Gasteiger partial charge on any atom is -0.489 e. The monoisotopic (exact) mass is 328 g/mol. The Labute approximate surface area is 140 Å². The zero-order chi connectivity index (χ0) is 16.9. The number of ether oxygens (including phenoxy) is 1. The lowest BCUT2D eigenvalue weighted by Crippen LogP contribution is -2.41. The molecule has 0 bridgehead atoms. The molecule has 1 aliphatic carbocycles. The Morgan fingerprint density at radius 3 is 2.75 bits per heavy atom. The first-order valence-corrected chi connectivity index (χ1v) is 8.14. The molecule has 4 nitrogen and oxygen atoms in total. The highest BCUT2D eigenvalue weighted by Crippen LogP contribution is 2.32. The molecule has 5 heteroatoms. The summed E-state index contributed by atoms with van der Waals surface area (Å²) in [6.07, 6.45) is 2.26. The van der Waals surface area contributed by atoms with Crippen LogP contribution in [-0.4, -0.2) is 18.5 Å². The van der Waals surface area contributed by atoms with Crippen molar-refractivity contribution in [1.29, 1.82) is 0 Å². The molecular weight excluding hydrogens is 307 g/mol. The molecule has 0 spiro atoms. The molecule has 1 saturated carbocycles. The Bertz CT molecular complexity index is 716. The maximum atomic E-state index is 13.1. The predicted molar refractivity (Wildman–Crippen MR) is 90.2 cm³/mol. The summed E-state index contributed by atoms with van der Waals surface area (Å²) in [5.74, 6) is 0.513. The number of rotatable bonds is 7. The Hall–Kier alpha value is -2.40. The molecule has 0 aromatic heterocycles. The summed E-state index contributed by atoms with van der Waals surface area (Å²) in [4.78, 5) is 12.4. The van der Waals surface area contributed by atoms with Gasteiger partial charge < -0.3 is 15.8 Å². The standard InChI is InChI=1S/C19H21FN2O2/c20-16-5-2-6-17(10-16)24-12-13-3-1-4-15(9-13)19(23)22-18(11-21)14-7-8-14/h1-6,9-10,14,18H,7-8,11-12,21H2,(H,22,23). The first-order chi connectivity index (χ1) is 11.7. The van der Waals surface area contributed by atoms with Gasteiger partial charge in [-0.3, -0.25) is 4.79 Å². The van der Waals surface area contributed by atoms with Crippen LogP contribution >= 0.6 is 0 Å². The highest BCUT2D eigenvalue weighted by atomic mass is 19.1. The summed E-state index contributed by atoms with van der Waals surface area (Å²) in [7, 11) is 0. The maximum absolute atomic E-state index is 13.1. The number of amides is 1. The highest BCUT2D eigenvalue weighted by molar-refractivity contribution is 5.94. The highest BCUT2D eigenvalue weighted by Gasteiger charge is 2.31. The van der Waals surface area contributed by atoms with Crippen LogP contribution in [0.25, 0.3) is 0 Å². The molecule has 24 heavy (non-hydrogen) atoms. The van der Waals surface area contributed by atoms with Gasteiger partial charge >= 0.3 is 0 Å². The lowest BCUT2D eigenvalue weighted by Gasteiger charge is -2.16. The van der Waals surface area contributed by atoms with E-state index in [-0.39, 0.29) is 24.4 Å². The molecule has 0 aliphatic heterocycles. The molecule has 3 N–H and O–H groups in total. The van der Waals surface area contributed by atoms with E-state index in [0.29, 0.717) is 23.8 Å². The Morgan fingerprint density at radius 2 is 2.04 bits per heavy atom. The smallest absolute Gasteiger partial charge is 0.251 e. The number of hydrogen-bond acceptors (Lipinski definition) is 3. The third-order valence-electron chi connectivity index (χ3n) is 4.15. The van der Waals surface area contributed by atoms with Crippen molar-refractivity contribution in [3.8, 4) is 5.75 Å². The summed E-state index contributed by atoms with van der Waals surface area (Å²) in [6, 6.07) is 13.3. The van der Waals surface area contributed by atoms with Gasteiger partial charge in [0, 0.05) is 24.2 Å². The molecule has 3 rings (SSSR count). The number of hydrogen-bond donors (Lipinski definition) is 2. The van der Waals surface area contributed by atoms with E-state index in [2.05, 4.69) is 5.32 Å². The van der Waals surface area contributed by atoms with Crippen molar-refractivity contribution in [3.63, 3.8) is 0 Å². The van der Waals surface area contributed by atoms with Crippen molar-refractivity contribution in [1.82, 2.24) is 5.32 Å². The van der Waals surface area contributed by atoms with Crippen LogP contribution in [-0.2, 0) is 6.61 Å². The lowest BCUT2D eigenvalue weighted by atomic mass is 10.1. The molecule has 1 amide bonds. The van der Waals surface area contributed by atoms with E-state index in [1.165, 1.54) is 12.1 Å². The van der Waals surface area contributed by atoms with E-state index >= 15 is 0 Å². The van der Waals surface area contributed by atoms with E-state index < -0.39 is 0 Å². The fourth-order valence-electron chi connectivity index (χ4n) is 2.65. The predicted octanol–water partition coefficient (Wildman–Crippen LogP) is 2.87. The largest absolute Gasteiger partial charge is 0.489 e. The van der Waals surface area contributed by atoms with E-state index in [9.17, 15) is 9.18 Å². The number of nitrogens with two attached hydrogens (primary N) is 1. The van der Waals surface area contributed by atoms with E-state index in [1.54, 1.807) is 24.3 Å². The second kappa shape index (κ2) is 7.45. The molecule has 1 unspecified atom stereocenters. The average Bonchev–Trinajstić information content (AvgIpc) is 3.43.